The van der Waals surface area contributed by atoms with Gasteiger partial charge in [0, 0.05) is 0 Å². The monoisotopic (exact) mass is 1100 g/mol. The molecule has 0 aromatic carbocycles. The molecule has 436 valence electrons. The highest BCUT2D eigenvalue weighted by Crippen LogP contribution is 2.38. The van der Waals surface area contributed by atoms with Crippen molar-refractivity contribution in [3.05, 3.63) is 0 Å². The fraction of sp³-hybridized carbons (Fsp3) is 1.00. The van der Waals surface area contributed by atoms with Gasteiger partial charge in [-0.25, -0.2) is 0 Å². The van der Waals surface area contributed by atoms with Gasteiger partial charge in [-0.1, -0.05) is 0 Å². The van der Waals surface area contributed by atoms with Gasteiger partial charge in [-0.15, -0.1) is 0 Å². The molecule has 0 aromatic heterocycles. The number of aliphatic hydroxyl groups is 20. The smallest absolute Gasteiger partial charge is 0.187 e. The van der Waals surface area contributed by atoms with Gasteiger partial charge < -0.3 is 168 Å². The van der Waals surface area contributed by atoms with Gasteiger partial charge in [0.25, 0.3) is 0 Å². The number of ether oxygens (including phenoxy) is 14. The predicted molar refractivity (Wildman–Crippen MR) is 222 cm³/mol. The molecular formula is C41H68O34. The third-order valence-electron chi connectivity index (χ3n) is 14.4. The second-order valence-electron chi connectivity index (χ2n) is 19.2. The summed E-state index contributed by atoms with van der Waals surface area (Å²) in [4.78, 5) is 0. The van der Waals surface area contributed by atoms with Gasteiger partial charge in [-0.05, 0) is 0 Å². The highest BCUT2D eigenvalue weighted by molar-refractivity contribution is 5.01. The molecule has 21 aliphatic rings. The number of aliphatic hydroxyl groups excluding tert-OH is 20. The van der Waals surface area contributed by atoms with Gasteiger partial charge in [0.15, 0.2) is 44.0 Å². The average Bonchev–Trinajstić information content (AvgIpc) is 3.40. The van der Waals surface area contributed by atoms with E-state index in [9.17, 15) is 102 Å². The maximum absolute atomic E-state index is 11.3. The van der Waals surface area contributed by atoms with Crippen LogP contribution in [0, 0.1) is 0 Å². The molecule has 34 heteroatoms. The van der Waals surface area contributed by atoms with E-state index in [2.05, 4.69) is 0 Å². The summed E-state index contributed by atoms with van der Waals surface area (Å²) in [6, 6.07) is 0. The number of hydrogen-bond donors (Lipinski definition) is 20. The van der Waals surface area contributed by atoms with E-state index in [-0.39, 0.29) is 0 Å². The maximum atomic E-state index is 11.3. The van der Waals surface area contributed by atoms with E-state index >= 15 is 0 Å². The van der Waals surface area contributed by atoms with Crippen LogP contribution in [0.15, 0.2) is 0 Å². The van der Waals surface area contributed by atoms with Crippen LogP contribution in [0.1, 0.15) is 0 Å². The molecule has 0 aromatic rings. The molecule has 34 atom stereocenters. The number of hydrogen-bond acceptors (Lipinski definition) is 34. The molecule has 34 nitrogen and oxygen atoms in total. The summed E-state index contributed by atoms with van der Waals surface area (Å²) in [5.74, 6) is 0. The van der Waals surface area contributed by atoms with E-state index in [0.717, 1.165) is 0 Å². The predicted octanol–water partition coefficient (Wildman–Crippen LogP) is -14.6. The van der Waals surface area contributed by atoms with Crippen LogP contribution in [0.25, 0.3) is 0 Å². The Bertz CT molecular complexity index is 1760. The summed E-state index contributed by atoms with van der Waals surface area (Å²) in [6.45, 7) is -6.80. The SMILES string of the molecule is OCC1O[C@@H]2O[C@@H]3CO[C@H](O[C@@H]4C(CO)O[C@H](O[C@@H]5C(CO)O[C@H](O[C@@H]6C(CO)O[C@@H](O[C@@H]7C(CO)O[C@@H](O[C@@H]8C(CO)O[C@@H](O[C@H]1C(O)[C@@H]2O)[C@@H](O)C8O)[C@@H](O)C7O)C(O)[C@H]6O)C(O)[C@H]5O)C(O)[C@H]4O)[C@@H](O)C3O. The summed E-state index contributed by atoms with van der Waals surface area (Å²) in [5, 5.41) is 219. The molecule has 0 radical (unpaired) electrons. The second kappa shape index (κ2) is 25.2. The van der Waals surface area contributed by atoms with Crippen molar-refractivity contribution in [2.45, 2.75) is 209 Å². The molecule has 20 N–H and O–H groups in total. The highest BCUT2D eigenvalue weighted by Gasteiger charge is 2.59. The molecular weight excluding hydrogens is 1040 g/mol. The summed E-state index contributed by atoms with van der Waals surface area (Å²) >= 11 is 0. The van der Waals surface area contributed by atoms with Crippen molar-refractivity contribution in [2.75, 3.05) is 46.2 Å². The molecule has 21 saturated heterocycles. The zero-order valence-electron chi connectivity index (χ0n) is 39.2. The van der Waals surface area contributed by atoms with Crippen LogP contribution in [0.3, 0.4) is 0 Å². The Hall–Kier alpha value is -1.36. The summed E-state index contributed by atoms with van der Waals surface area (Å²) in [6.07, 6.45) is -66.6. The number of rotatable bonds is 6. The minimum atomic E-state index is -2.19. The molecule has 0 aliphatic carbocycles. The summed E-state index contributed by atoms with van der Waals surface area (Å²) in [5.41, 5.74) is 0. The molecule has 21 aliphatic heterocycles. The van der Waals surface area contributed by atoms with E-state index in [1.807, 2.05) is 0 Å². The first kappa shape index (κ1) is 59.8. The first-order valence-corrected chi connectivity index (χ1v) is 24.0. The zero-order chi connectivity index (χ0) is 54.5. The molecule has 13 unspecified atom stereocenters. The quantitative estimate of drug-likeness (QED) is 0.117. The molecule has 0 saturated carbocycles. The van der Waals surface area contributed by atoms with Crippen molar-refractivity contribution in [3.8, 4) is 0 Å². The van der Waals surface area contributed by atoms with E-state index in [1.165, 1.54) is 0 Å². The fourth-order valence-corrected chi connectivity index (χ4v) is 10.1. The van der Waals surface area contributed by atoms with Crippen molar-refractivity contribution in [1.82, 2.24) is 0 Å². The Labute approximate surface area is 423 Å². The van der Waals surface area contributed by atoms with Gasteiger partial charge in [0.05, 0.1) is 46.2 Å². The largest absolute Gasteiger partial charge is 0.394 e. The molecule has 0 amide bonds. The fourth-order valence-electron chi connectivity index (χ4n) is 10.1. The van der Waals surface area contributed by atoms with Crippen LogP contribution < -0.4 is 0 Å². The maximum Gasteiger partial charge on any atom is 0.187 e. The first-order chi connectivity index (χ1) is 35.7. The topological polar surface area (TPSA) is 534 Å². The summed E-state index contributed by atoms with van der Waals surface area (Å²) < 4.78 is 79.3. The summed E-state index contributed by atoms with van der Waals surface area (Å²) in [7, 11) is 0. The van der Waals surface area contributed by atoms with Crippen molar-refractivity contribution < 1.29 is 168 Å². The van der Waals surface area contributed by atoms with E-state index in [1.54, 1.807) is 0 Å². The van der Waals surface area contributed by atoms with Crippen LogP contribution in [-0.2, 0) is 66.3 Å². The van der Waals surface area contributed by atoms with Crippen LogP contribution >= 0.6 is 0 Å². The third kappa shape index (κ3) is 11.7. The van der Waals surface area contributed by atoms with Gasteiger partial charge in [0.1, 0.15) is 165 Å². The Morgan fingerprint density at radius 1 is 0.213 bits per heavy atom. The Kier molecular flexibility index (Phi) is 20.1. The molecule has 14 bridgehead atoms. The van der Waals surface area contributed by atoms with Crippen molar-refractivity contribution in [2.24, 2.45) is 0 Å². The van der Waals surface area contributed by atoms with E-state index in [0.29, 0.717) is 0 Å². The zero-order valence-corrected chi connectivity index (χ0v) is 39.2. The lowest BCUT2D eigenvalue weighted by molar-refractivity contribution is -0.396. The Morgan fingerprint density at radius 2 is 0.400 bits per heavy atom. The molecule has 75 heavy (non-hydrogen) atoms. The highest BCUT2D eigenvalue weighted by atomic mass is 16.8. The lowest BCUT2D eigenvalue weighted by atomic mass is 9.95. The lowest BCUT2D eigenvalue weighted by Crippen LogP contribution is -2.68. The minimum absolute atomic E-state index is 0.691. The van der Waals surface area contributed by atoms with Crippen LogP contribution in [0.5, 0.6) is 0 Å². The van der Waals surface area contributed by atoms with Crippen LogP contribution in [0.4, 0.5) is 0 Å². The minimum Gasteiger partial charge on any atom is -0.394 e. The normalized spacial score (nSPS) is 55.5. The van der Waals surface area contributed by atoms with Gasteiger partial charge >= 0.3 is 0 Å². The molecule has 21 rings (SSSR count). The molecule has 0 spiro atoms. The Morgan fingerprint density at radius 3 is 0.613 bits per heavy atom. The van der Waals surface area contributed by atoms with Crippen LogP contribution in [-0.4, -0.2) is 357 Å². The third-order valence-corrected chi connectivity index (χ3v) is 14.4. The molecule has 21 fully saturated rings. The molecule has 21 heterocycles. The van der Waals surface area contributed by atoms with Crippen LogP contribution in [0.2, 0.25) is 0 Å². The average molecular weight is 1100 g/mol. The van der Waals surface area contributed by atoms with Crippen molar-refractivity contribution in [1.29, 1.82) is 0 Å². The van der Waals surface area contributed by atoms with Gasteiger partial charge in [-0.3, -0.25) is 0 Å². The first-order valence-electron chi connectivity index (χ1n) is 24.0. The van der Waals surface area contributed by atoms with E-state index < -0.39 is 255 Å². The Balaban J connectivity index is 1.06. The van der Waals surface area contributed by atoms with Gasteiger partial charge in [0.2, 0.25) is 0 Å². The van der Waals surface area contributed by atoms with Crippen molar-refractivity contribution in [3.63, 3.8) is 0 Å². The van der Waals surface area contributed by atoms with Crippen molar-refractivity contribution >= 4 is 0 Å². The standard InChI is InChI=1S/C41H68O34/c42-1-8-29-17(50)24(57)37(64-8)72-31-10(3-44)66-39(26(59)19(31)52)74-33-12(5-46)68-41(28(61)21(33)54)75-34-13(6-47)67-40(27(60)20(34)53)73-32-11(4-45)65-38(25(58)18(32)51)71-30-9(2-43)63-36(23(56)16(30)49)69-14-7-62-35(70-29)22(55)15(14)48/h8-61H,1-7H2/t8?,9?,10?,11?,12?,13?,14-,15?,16?,17-,18?,19-,20?,21-,22+,23+,24?,25+,26?,27+,28?,29-,30-,31-,32-,33-,34-,35-,36-,37-,38+,39-,40+,41+/m1/s1. The lowest BCUT2D eigenvalue weighted by Gasteiger charge is -2.50. The second-order valence-corrected chi connectivity index (χ2v) is 19.2. The van der Waals surface area contributed by atoms with Gasteiger partial charge in [-0.2, -0.15) is 0 Å². The van der Waals surface area contributed by atoms with E-state index in [4.69, 9.17) is 66.3 Å².